The minimum absolute atomic E-state index is 0.625. The molecule has 0 radical (unpaired) electrons. The largest absolute Gasteiger partial charge is 0.383 e. The van der Waals surface area contributed by atoms with Gasteiger partial charge < -0.3 is 10.2 Å². The van der Waals surface area contributed by atoms with Crippen LogP contribution in [0.1, 0.15) is 19.8 Å². The molecule has 13 heavy (non-hydrogen) atoms. The van der Waals surface area contributed by atoms with Crippen molar-refractivity contribution in [1.29, 1.82) is 0 Å². The van der Waals surface area contributed by atoms with Gasteiger partial charge >= 0.3 is 0 Å². The number of nitrogens with one attached hydrogen (secondary N) is 1. The van der Waals surface area contributed by atoms with E-state index in [1.54, 1.807) is 0 Å². The zero-order valence-electron chi connectivity index (χ0n) is 8.71. The Balaban J connectivity index is 2.26. The smallest absolute Gasteiger partial charge is 0.0285 e. The molecule has 1 fully saturated rings. The topological polar surface area (TPSA) is 15.3 Å². The predicted octanol–water partition coefficient (Wildman–Crippen LogP) is 1.76. The third-order valence-electron chi connectivity index (χ3n) is 2.48. The van der Waals surface area contributed by atoms with E-state index < -0.39 is 0 Å². The highest BCUT2D eigenvalue weighted by Gasteiger charge is 2.15. The molecule has 0 amide bonds. The number of hydrogen-bond acceptors (Lipinski definition) is 2. The SMILES string of the molecule is C=C(/C=C/C)NC1CCN(C)CC1. The van der Waals surface area contributed by atoms with Crippen LogP contribution in [0.3, 0.4) is 0 Å². The minimum atomic E-state index is 0.625. The lowest BCUT2D eigenvalue weighted by Crippen LogP contribution is -2.40. The number of allylic oxidation sites excluding steroid dienone is 2. The summed E-state index contributed by atoms with van der Waals surface area (Å²) in [4.78, 5) is 2.37. The first kappa shape index (κ1) is 10.3. The Bertz CT molecular complexity index is 188. The molecular weight excluding hydrogens is 160 g/mol. The summed E-state index contributed by atoms with van der Waals surface area (Å²) in [7, 11) is 2.18. The summed E-state index contributed by atoms with van der Waals surface area (Å²) in [5.41, 5.74) is 1.04. The molecule has 0 aliphatic carbocycles. The van der Waals surface area contributed by atoms with Crippen LogP contribution in [0.25, 0.3) is 0 Å². The Kier molecular flexibility index (Phi) is 4.03. The Morgan fingerprint density at radius 3 is 2.62 bits per heavy atom. The molecular formula is C11H20N2. The first-order valence-electron chi connectivity index (χ1n) is 4.99. The lowest BCUT2D eigenvalue weighted by molar-refractivity contribution is 0.242. The zero-order valence-corrected chi connectivity index (χ0v) is 8.71. The Labute approximate surface area is 81.3 Å². The van der Waals surface area contributed by atoms with E-state index in [9.17, 15) is 0 Å². The van der Waals surface area contributed by atoms with Gasteiger partial charge in [0.05, 0.1) is 0 Å². The highest BCUT2D eigenvalue weighted by Crippen LogP contribution is 2.09. The summed E-state index contributed by atoms with van der Waals surface area (Å²) >= 11 is 0. The molecule has 1 aliphatic heterocycles. The average Bonchev–Trinajstić information content (AvgIpc) is 2.09. The fourth-order valence-electron chi connectivity index (χ4n) is 1.66. The molecule has 0 unspecified atom stereocenters. The van der Waals surface area contributed by atoms with Gasteiger partial charge in [0, 0.05) is 11.7 Å². The highest BCUT2D eigenvalue weighted by molar-refractivity contribution is 5.12. The molecule has 1 rings (SSSR count). The summed E-state index contributed by atoms with van der Waals surface area (Å²) in [6.07, 6.45) is 6.50. The van der Waals surface area contributed by atoms with Crippen LogP contribution in [0.5, 0.6) is 0 Å². The molecule has 0 bridgehead atoms. The molecule has 0 aromatic heterocycles. The maximum atomic E-state index is 3.95. The molecule has 1 aliphatic rings. The fraction of sp³-hybridized carbons (Fsp3) is 0.636. The molecule has 2 nitrogen and oxygen atoms in total. The van der Waals surface area contributed by atoms with Gasteiger partial charge in [0.15, 0.2) is 0 Å². The molecule has 0 spiro atoms. The van der Waals surface area contributed by atoms with Gasteiger partial charge in [-0.25, -0.2) is 0 Å². The summed E-state index contributed by atoms with van der Waals surface area (Å²) in [5, 5.41) is 3.43. The van der Waals surface area contributed by atoms with E-state index in [0.29, 0.717) is 6.04 Å². The van der Waals surface area contributed by atoms with E-state index in [0.717, 1.165) is 5.70 Å². The van der Waals surface area contributed by atoms with E-state index in [1.165, 1.54) is 25.9 Å². The van der Waals surface area contributed by atoms with Crippen molar-refractivity contribution in [2.24, 2.45) is 0 Å². The number of nitrogens with zero attached hydrogens (tertiary/aromatic N) is 1. The van der Waals surface area contributed by atoms with Gasteiger partial charge in [-0.1, -0.05) is 12.7 Å². The summed E-state index contributed by atoms with van der Waals surface area (Å²) in [5.74, 6) is 0. The molecule has 1 saturated heterocycles. The van der Waals surface area contributed by atoms with E-state index >= 15 is 0 Å². The number of piperidine rings is 1. The number of rotatable bonds is 3. The van der Waals surface area contributed by atoms with Gasteiger partial charge in [0.2, 0.25) is 0 Å². The van der Waals surface area contributed by atoms with Crippen LogP contribution in [-0.2, 0) is 0 Å². The Morgan fingerprint density at radius 2 is 2.08 bits per heavy atom. The number of likely N-dealkylation sites (tertiary alicyclic amines) is 1. The van der Waals surface area contributed by atoms with E-state index in [4.69, 9.17) is 0 Å². The van der Waals surface area contributed by atoms with E-state index in [2.05, 4.69) is 23.8 Å². The second-order valence-corrected chi connectivity index (χ2v) is 3.75. The predicted molar refractivity (Wildman–Crippen MR) is 57.6 cm³/mol. The Hall–Kier alpha value is -0.760. The van der Waals surface area contributed by atoms with Crippen molar-refractivity contribution < 1.29 is 0 Å². The second kappa shape index (κ2) is 5.07. The maximum absolute atomic E-state index is 3.95. The molecule has 2 heteroatoms. The van der Waals surface area contributed by atoms with Crippen LogP contribution in [0, 0.1) is 0 Å². The first-order chi connectivity index (χ1) is 6.22. The van der Waals surface area contributed by atoms with Crippen molar-refractivity contribution in [3.05, 3.63) is 24.4 Å². The Morgan fingerprint density at radius 1 is 1.46 bits per heavy atom. The van der Waals surface area contributed by atoms with Gasteiger partial charge in [0.1, 0.15) is 0 Å². The van der Waals surface area contributed by atoms with Gasteiger partial charge in [-0.2, -0.15) is 0 Å². The van der Waals surface area contributed by atoms with Gasteiger partial charge in [0.25, 0.3) is 0 Å². The fourth-order valence-corrected chi connectivity index (χ4v) is 1.66. The zero-order chi connectivity index (χ0) is 9.68. The van der Waals surface area contributed by atoms with Crippen molar-refractivity contribution >= 4 is 0 Å². The van der Waals surface area contributed by atoms with Crippen molar-refractivity contribution in [3.8, 4) is 0 Å². The van der Waals surface area contributed by atoms with E-state index in [1.807, 2.05) is 19.1 Å². The normalized spacial score (nSPS) is 20.8. The van der Waals surface area contributed by atoms with Gasteiger partial charge in [-0.15, -0.1) is 0 Å². The van der Waals surface area contributed by atoms with E-state index in [-0.39, 0.29) is 0 Å². The summed E-state index contributed by atoms with van der Waals surface area (Å²) in [6.45, 7) is 8.35. The number of hydrogen-bond donors (Lipinski definition) is 1. The summed E-state index contributed by atoms with van der Waals surface area (Å²) < 4.78 is 0. The summed E-state index contributed by atoms with van der Waals surface area (Å²) in [6, 6.07) is 0.625. The van der Waals surface area contributed by atoms with Crippen LogP contribution in [0.4, 0.5) is 0 Å². The molecule has 0 aromatic rings. The minimum Gasteiger partial charge on any atom is -0.383 e. The molecule has 1 heterocycles. The monoisotopic (exact) mass is 180 g/mol. The van der Waals surface area contributed by atoms with Crippen LogP contribution in [0.2, 0.25) is 0 Å². The van der Waals surface area contributed by atoms with Crippen LogP contribution in [0.15, 0.2) is 24.4 Å². The van der Waals surface area contributed by atoms with Crippen LogP contribution < -0.4 is 5.32 Å². The third kappa shape index (κ3) is 3.64. The first-order valence-corrected chi connectivity index (χ1v) is 4.99. The molecule has 74 valence electrons. The highest BCUT2D eigenvalue weighted by atomic mass is 15.1. The molecule has 0 saturated carbocycles. The molecule has 1 N–H and O–H groups in total. The third-order valence-corrected chi connectivity index (χ3v) is 2.48. The average molecular weight is 180 g/mol. The standard InChI is InChI=1S/C11H20N2/c1-4-5-10(2)12-11-6-8-13(3)9-7-11/h4-5,11-12H,2,6-9H2,1,3H3/b5-4+. The van der Waals surface area contributed by atoms with Crippen LogP contribution >= 0.6 is 0 Å². The van der Waals surface area contributed by atoms with Crippen molar-refractivity contribution in [2.75, 3.05) is 20.1 Å². The second-order valence-electron chi connectivity index (χ2n) is 3.75. The maximum Gasteiger partial charge on any atom is 0.0285 e. The van der Waals surface area contributed by atoms with Crippen molar-refractivity contribution in [2.45, 2.75) is 25.8 Å². The van der Waals surface area contributed by atoms with Gasteiger partial charge in [-0.05, 0) is 46.0 Å². The van der Waals surface area contributed by atoms with Crippen LogP contribution in [-0.4, -0.2) is 31.1 Å². The lowest BCUT2D eigenvalue weighted by Gasteiger charge is -2.30. The van der Waals surface area contributed by atoms with Crippen molar-refractivity contribution in [1.82, 2.24) is 10.2 Å². The molecule has 0 atom stereocenters. The van der Waals surface area contributed by atoms with Crippen molar-refractivity contribution in [3.63, 3.8) is 0 Å². The quantitative estimate of drug-likeness (QED) is 0.666. The van der Waals surface area contributed by atoms with Gasteiger partial charge in [-0.3, -0.25) is 0 Å². The molecule has 0 aromatic carbocycles. The lowest BCUT2D eigenvalue weighted by atomic mass is 10.1.